The first-order chi connectivity index (χ1) is 22.9. The molecule has 0 amide bonds. The number of benzene rings is 6. The summed E-state index contributed by atoms with van der Waals surface area (Å²) in [4.78, 5) is 2.69. The molecule has 47 heavy (non-hydrogen) atoms. The minimum atomic E-state index is -0.392. The molecule has 1 fully saturated rings. The van der Waals surface area contributed by atoms with Gasteiger partial charge in [-0.15, -0.1) is 0 Å². The molecule has 1 saturated carbocycles. The maximum Gasteiger partial charge on any atom is 0.0713 e. The van der Waals surface area contributed by atoms with Gasteiger partial charge < -0.3 is 4.90 Å². The van der Waals surface area contributed by atoms with Crippen molar-refractivity contribution in [2.24, 2.45) is 5.41 Å². The molecule has 0 radical (unpaired) electrons. The van der Waals surface area contributed by atoms with Crippen LogP contribution in [0.3, 0.4) is 0 Å². The van der Waals surface area contributed by atoms with E-state index in [1.165, 1.54) is 80.7 Å². The quantitative estimate of drug-likeness (QED) is 0.192. The summed E-state index contributed by atoms with van der Waals surface area (Å²) in [6.07, 6.45) is 3.74. The summed E-state index contributed by atoms with van der Waals surface area (Å²) in [7, 11) is 0. The van der Waals surface area contributed by atoms with Crippen LogP contribution >= 0.6 is 0 Å². The number of fused-ring (bicyclic) bond motifs is 6. The molecule has 2 atom stereocenters. The van der Waals surface area contributed by atoms with Gasteiger partial charge >= 0.3 is 0 Å². The Labute approximate surface area is 279 Å². The first-order valence-electron chi connectivity index (χ1n) is 17.3. The number of nitrogens with zero attached hydrogens (tertiary/aromatic N) is 1. The zero-order valence-corrected chi connectivity index (χ0v) is 27.6. The zero-order valence-electron chi connectivity index (χ0n) is 27.6. The van der Waals surface area contributed by atoms with Crippen LogP contribution in [0.25, 0.3) is 22.3 Å². The lowest BCUT2D eigenvalue weighted by atomic mass is 9.58. The van der Waals surface area contributed by atoms with Crippen molar-refractivity contribution in [3.05, 3.63) is 179 Å². The summed E-state index contributed by atoms with van der Waals surface area (Å²) in [5.41, 5.74) is 14.5. The van der Waals surface area contributed by atoms with Gasteiger partial charge in [0.1, 0.15) is 0 Å². The van der Waals surface area contributed by atoms with Gasteiger partial charge in [0.05, 0.1) is 11.0 Å². The van der Waals surface area contributed by atoms with Gasteiger partial charge in [-0.2, -0.15) is 0 Å². The van der Waals surface area contributed by atoms with Crippen LogP contribution in [0.4, 0.5) is 11.4 Å². The Morgan fingerprint density at radius 3 is 1.83 bits per heavy atom. The average molecular weight is 608 g/mol. The SMILES string of the molecule is CC1(C)CCCC2c3cc(-c4ccc5c(c4)C(c4ccccc4)(c4ccccc4)c4ccccc4-5)ccc3N(c3ccccc3)C21C. The van der Waals surface area contributed by atoms with Gasteiger partial charge in [0, 0.05) is 17.3 Å². The Kier molecular flexibility index (Phi) is 6.22. The molecular formula is C46H41N. The number of hydrogen-bond acceptors (Lipinski definition) is 1. The fourth-order valence-corrected chi connectivity index (χ4v) is 9.75. The van der Waals surface area contributed by atoms with Crippen molar-refractivity contribution in [3.63, 3.8) is 0 Å². The number of hydrogen-bond donors (Lipinski definition) is 0. The lowest BCUT2D eigenvalue weighted by molar-refractivity contribution is 0.101. The highest BCUT2D eigenvalue weighted by molar-refractivity contribution is 5.89. The summed E-state index contributed by atoms with van der Waals surface area (Å²) >= 11 is 0. The third-order valence-corrected chi connectivity index (χ3v) is 12.3. The standard InChI is InChI=1S/C46H41N/c1-44(2)29-15-24-40-39-30-32(26-28-43(39)47(45(40,44)3)36-20-11-6-12-21-36)33-25-27-38-37-22-13-14-23-41(37)46(42(38)31-33,34-16-7-4-8-17-34)35-18-9-5-10-19-35/h4-14,16-23,25-28,30-31,40H,15,24,29H2,1-3H3. The van der Waals surface area contributed by atoms with Crippen molar-refractivity contribution in [3.8, 4) is 22.3 Å². The van der Waals surface area contributed by atoms with E-state index >= 15 is 0 Å². The lowest BCUT2D eigenvalue weighted by Gasteiger charge is -2.55. The van der Waals surface area contributed by atoms with Crippen LogP contribution in [0, 0.1) is 5.41 Å². The van der Waals surface area contributed by atoms with Crippen LogP contribution in [-0.2, 0) is 5.41 Å². The highest BCUT2D eigenvalue weighted by atomic mass is 15.3. The maximum atomic E-state index is 2.69. The molecule has 1 heterocycles. The molecule has 9 rings (SSSR count). The molecular weight excluding hydrogens is 567 g/mol. The molecule has 2 aliphatic carbocycles. The van der Waals surface area contributed by atoms with Crippen molar-refractivity contribution in [1.29, 1.82) is 0 Å². The van der Waals surface area contributed by atoms with Gasteiger partial charge in [-0.1, -0.05) is 142 Å². The molecule has 1 nitrogen and oxygen atoms in total. The fourth-order valence-electron chi connectivity index (χ4n) is 9.75. The molecule has 6 aromatic carbocycles. The van der Waals surface area contributed by atoms with Gasteiger partial charge in [-0.05, 0) is 106 Å². The van der Waals surface area contributed by atoms with Crippen LogP contribution in [0.1, 0.15) is 73.8 Å². The Bertz CT molecular complexity index is 2070. The summed E-state index contributed by atoms with van der Waals surface area (Å²) in [6.45, 7) is 7.52. The number of anilines is 2. The van der Waals surface area contributed by atoms with E-state index in [9.17, 15) is 0 Å². The van der Waals surface area contributed by atoms with Crippen LogP contribution in [0.15, 0.2) is 152 Å². The first kappa shape index (κ1) is 28.4. The topological polar surface area (TPSA) is 3.24 Å². The van der Waals surface area contributed by atoms with Crippen LogP contribution in [0.2, 0.25) is 0 Å². The van der Waals surface area contributed by atoms with E-state index in [-0.39, 0.29) is 11.0 Å². The fraction of sp³-hybridized carbons (Fsp3) is 0.217. The second kappa shape index (κ2) is 10.3. The minimum Gasteiger partial charge on any atom is -0.334 e. The predicted molar refractivity (Wildman–Crippen MR) is 197 cm³/mol. The van der Waals surface area contributed by atoms with Crippen molar-refractivity contribution in [1.82, 2.24) is 0 Å². The number of rotatable bonds is 4. The molecule has 1 heteroatoms. The predicted octanol–water partition coefficient (Wildman–Crippen LogP) is 11.9. The summed E-state index contributed by atoms with van der Waals surface area (Å²) in [5.74, 6) is 0.479. The zero-order chi connectivity index (χ0) is 31.8. The van der Waals surface area contributed by atoms with Crippen molar-refractivity contribution in [2.75, 3.05) is 4.90 Å². The molecule has 230 valence electrons. The average Bonchev–Trinajstić information content (AvgIpc) is 3.56. The second-order valence-corrected chi connectivity index (χ2v) is 14.7. The summed E-state index contributed by atoms with van der Waals surface area (Å²) in [6, 6.07) is 56.9. The van der Waals surface area contributed by atoms with E-state index in [1.54, 1.807) is 0 Å². The van der Waals surface area contributed by atoms with Gasteiger partial charge in [-0.3, -0.25) is 0 Å². The molecule has 6 aromatic rings. The highest BCUT2D eigenvalue weighted by Crippen LogP contribution is 2.64. The largest absolute Gasteiger partial charge is 0.334 e. The molecule has 0 spiro atoms. The third kappa shape index (κ3) is 3.83. The molecule has 0 aromatic heterocycles. The first-order valence-corrected chi connectivity index (χ1v) is 17.3. The summed E-state index contributed by atoms with van der Waals surface area (Å²) in [5, 5.41) is 0. The molecule has 1 aliphatic heterocycles. The van der Waals surface area contributed by atoms with E-state index in [0.717, 1.165) is 0 Å². The van der Waals surface area contributed by atoms with Gasteiger partial charge in [0.2, 0.25) is 0 Å². The smallest absolute Gasteiger partial charge is 0.0713 e. The maximum absolute atomic E-state index is 2.69. The normalized spacial score (nSPS) is 21.4. The van der Waals surface area contributed by atoms with Crippen molar-refractivity contribution < 1.29 is 0 Å². The van der Waals surface area contributed by atoms with E-state index in [1.807, 2.05) is 0 Å². The molecule has 0 N–H and O–H groups in total. The number of para-hydroxylation sites is 1. The van der Waals surface area contributed by atoms with E-state index in [4.69, 9.17) is 0 Å². The van der Waals surface area contributed by atoms with Gasteiger partial charge in [-0.25, -0.2) is 0 Å². The Balaban J connectivity index is 1.26. The van der Waals surface area contributed by atoms with E-state index in [0.29, 0.717) is 5.92 Å². The second-order valence-electron chi connectivity index (χ2n) is 14.7. The van der Waals surface area contributed by atoms with Crippen LogP contribution in [-0.4, -0.2) is 5.54 Å². The Hall–Kier alpha value is -4.88. The van der Waals surface area contributed by atoms with Crippen LogP contribution in [0.5, 0.6) is 0 Å². The van der Waals surface area contributed by atoms with Gasteiger partial charge in [0.25, 0.3) is 0 Å². The van der Waals surface area contributed by atoms with Crippen molar-refractivity contribution in [2.45, 2.75) is 56.9 Å². The lowest BCUT2D eigenvalue weighted by Crippen LogP contribution is -2.56. The minimum absolute atomic E-state index is 0.00289. The molecule has 3 aliphatic rings. The molecule has 0 saturated heterocycles. The Morgan fingerprint density at radius 2 is 1.13 bits per heavy atom. The highest BCUT2D eigenvalue weighted by Gasteiger charge is 2.58. The molecule has 0 bridgehead atoms. The van der Waals surface area contributed by atoms with E-state index < -0.39 is 5.41 Å². The monoisotopic (exact) mass is 607 g/mol. The van der Waals surface area contributed by atoms with Crippen LogP contribution < -0.4 is 4.90 Å². The van der Waals surface area contributed by atoms with Gasteiger partial charge in [0.15, 0.2) is 0 Å². The van der Waals surface area contributed by atoms with Crippen molar-refractivity contribution >= 4 is 11.4 Å². The summed E-state index contributed by atoms with van der Waals surface area (Å²) < 4.78 is 0. The van der Waals surface area contributed by atoms with E-state index in [2.05, 4.69) is 177 Å². The Morgan fingerprint density at radius 1 is 0.553 bits per heavy atom. The third-order valence-electron chi connectivity index (χ3n) is 12.3. The molecule has 2 unspecified atom stereocenters.